The summed E-state index contributed by atoms with van der Waals surface area (Å²) in [5.41, 5.74) is 6.37. The molecule has 5 heteroatoms. The third-order valence-corrected chi connectivity index (χ3v) is 2.96. The molecule has 0 fully saturated rings. The Kier molecular flexibility index (Phi) is 6.66. The molecule has 0 amide bonds. The van der Waals surface area contributed by atoms with E-state index in [4.69, 9.17) is 33.7 Å². The van der Waals surface area contributed by atoms with Crippen molar-refractivity contribution in [3.05, 3.63) is 28.2 Å². The molecule has 1 rings (SSSR count). The molecule has 0 heterocycles. The van der Waals surface area contributed by atoms with Gasteiger partial charge in [-0.3, -0.25) is 0 Å². The van der Waals surface area contributed by atoms with Gasteiger partial charge in [0, 0.05) is 18.2 Å². The molecule has 0 aliphatic rings. The van der Waals surface area contributed by atoms with Crippen molar-refractivity contribution in [3.8, 4) is 0 Å². The first-order valence-corrected chi connectivity index (χ1v) is 6.33. The highest BCUT2D eigenvalue weighted by Crippen LogP contribution is 2.26. The summed E-state index contributed by atoms with van der Waals surface area (Å²) in [5, 5.41) is 4.59. The zero-order valence-electron chi connectivity index (χ0n) is 9.88. The van der Waals surface area contributed by atoms with Gasteiger partial charge in [0.05, 0.1) is 17.3 Å². The molecular formula is C12H18Cl2N2O. The monoisotopic (exact) mass is 276 g/mol. The van der Waals surface area contributed by atoms with Gasteiger partial charge >= 0.3 is 0 Å². The zero-order valence-corrected chi connectivity index (χ0v) is 11.4. The van der Waals surface area contributed by atoms with E-state index in [9.17, 15) is 0 Å². The van der Waals surface area contributed by atoms with Crippen molar-refractivity contribution >= 4 is 28.9 Å². The molecule has 0 saturated carbocycles. The fraction of sp³-hybridized carbons (Fsp3) is 0.500. The van der Waals surface area contributed by atoms with Crippen molar-refractivity contribution in [2.75, 3.05) is 25.6 Å². The quantitative estimate of drug-likeness (QED) is 0.804. The summed E-state index contributed by atoms with van der Waals surface area (Å²) in [6.07, 6.45) is 1.90. The van der Waals surface area contributed by atoms with Crippen LogP contribution in [0.4, 0.5) is 5.69 Å². The van der Waals surface area contributed by atoms with Crippen molar-refractivity contribution in [1.29, 1.82) is 0 Å². The van der Waals surface area contributed by atoms with E-state index < -0.39 is 0 Å². The van der Waals surface area contributed by atoms with Crippen molar-refractivity contribution in [1.82, 2.24) is 0 Å². The van der Waals surface area contributed by atoms with Crippen LogP contribution in [0.3, 0.4) is 0 Å². The lowest BCUT2D eigenvalue weighted by molar-refractivity contribution is 0.182. The lowest BCUT2D eigenvalue weighted by Gasteiger charge is -2.19. The lowest BCUT2D eigenvalue weighted by Crippen LogP contribution is -2.26. The highest BCUT2D eigenvalue weighted by molar-refractivity contribution is 6.36. The van der Waals surface area contributed by atoms with Crippen molar-refractivity contribution in [2.45, 2.75) is 18.9 Å². The minimum Gasteiger partial charge on any atom is -0.383 e. The van der Waals surface area contributed by atoms with Crippen LogP contribution >= 0.6 is 23.2 Å². The Balaban J connectivity index is 2.64. The second-order valence-electron chi connectivity index (χ2n) is 3.85. The summed E-state index contributed by atoms with van der Waals surface area (Å²) in [7, 11) is 1.68. The zero-order chi connectivity index (χ0) is 12.7. The summed E-state index contributed by atoms with van der Waals surface area (Å²) in [4.78, 5) is 0. The van der Waals surface area contributed by atoms with Crippen molar-refractivity contribution in [2.24, 2.45) is 5.73 Å². The number of ether oxygens (including phenoxy) is 1. The number of nitrogens with two attached hydrogens (primary N) is 1. The Morgan fingerprint density at radius 2 is 2.18 bits per heavy atom. The van der Waals surface area contributed by atoms with Gasteiger partial charge in [-0.25, -0.2) is 0 Å². The van der Waals surface area contributed by atoms with Crippen LogP contribution in [0.5, 0.6) is 0 Å². The molecule has 0 saturated heterocycles. The number of halogens is 2. The van der Waals surface area contributed by atoms with Crippen LogP contribution in [0.2, 0.25) is 10.0 Å². The average Bonchev–Trinajstić information content (AvgIpc) is 2.29. The molecule has 96 valence electrons. The van der Waals surface area contributed by atoms with Crippen LogP contribution < -0.4 is 11.1 Å². The Morgan fingerprint density at radius 3 is 2.76 bits per heavy atom. The van der Waals surface area contributed by atoms with Crippen LogP contribution in [0.15, 0.2) is 18.2 Å². The molecule has 0 aliphatic carbocycles. The fourth-order valence-electron chi connectivity index (χ4n) is 1.59. The number of anilines is 1. The Hall–Kier alpha value is -0.480. The van der Waals surface area contributed by atoms with E-state index in [1.807, 2.05) is 12.1 Å². The summed E-state index contributed by atoms with van der Waals surface area (Å²) < 4.78 is 5.16. The van der Waals surface area contributed by atoms with Gasteiger partial charge in [-0.05, 0) is 37.6 Å². The molecule has 1 atom stereocenters. The van der Waals surface area contributed by atoms with Gasteiger partial charge in [0.1, 0.15) is 0 Å². The van der Waals surface area contributed by atoms with Gasteiger partial charge in [0.15, 0.2) is 0 Å². The molecule has 0 radical (unpaired) electrons. The molecule has 0 aromatic heterocycles. The molecular weight excluding hydrogens is 259 g/mol. The van der Waals surface area contributed by atoms with Crippen LogP contribution in [-0.2, 0) is 4.74 Å². The predicted molar refractivity (Wildman–Crippen MR) is 74.0 cm³/mol. The van der Waals surface area contributed by atoms with E-state index in [-0.39, 0.29) is 6.04 Å². The standard InChI is InChI=1S/C12H18Cl2N2O/c1-17-8-10(3-2-6-15)16-12-5-4-9(13)7-11(12)14/h4-5,7,10,16H,2-3,6,8,15H2,1H3. The molecule has 3 nitrogen and oxygen atoms in total. The third-order valence-electron chi connectivity index (χ3n) is 2.42. The van der Waals surface area contributed by atoms with Gasteiger partial charge in [-0.1, -0.05) is 23.2 Å². The number of methoxy groups -OCH3 is 1. The molecule has 0 bridgehead atoms. The average molecular weight is 277 g/mol. The molecule has 1 aromatic carbocycles. The minimum atomic E-state index is 0.210. The molecule has 17 heavy (non-hydrogen) atoms. The fourth-order valence-corrected chi connectivity index (χ4v) is 2.05. The predicted octanol–water partition coefficient (Wildman–Crippen LogP) is 3.16. The van der Waals surface area contributed by atoms with Gasteiger partial charge in [-0.2, -0.15) is 0 Å². The maximum Gasteiger partial charge on any atom is 0.0664 e. The Morgan fingerprint density at radius 1 is 1.41 bits per heavy atom. The van der Waals surface area contributed by atoms with E-state index in [0.29, 0.717) is 23.2 Å². The first-order chi connectivity index (χ1) is 8.17. The van der Waals surface area contributed by atoms with Gasteiger partial charge < -0.3 is 15.8 Å². The smallest absolute Gasteiger partial charge is 0.0664 e. The van der Waals surface area contributed by atoms with Gasteiger partial charge in [0.2, 0.25) is 0 Å². The van der Waals surface area contributed by atoms with E-state index >= 15 is 0 Å². The Bertz CT molecular complexity index is 347. The van der Waals surface area contributed by atoms with E-state index in [0.717, 1.165) is 18.5 Å². The Labute approximate surface area is 112 Å². The summed E-state index contributed by atoms with van der Waals surface area (Å²) in [5.74, 6) is 0. The molecule has 0 aliphatic heterocycles. The number of nitrogens with one attached hydrogen (secondary N) is 1. The largest absolute Gasteiger partial charge is 0.383 e. The third kappa shape index (κ3) is 5.13. The highest BCUT2D eigenvalue weighted by Gasteiger charge is 2.10. The minimum absolute atomic E-state index is 0.210. The van der Waals surface area contributed by atoms with Crippen LogP contribution in [0.1, 0.15) is 12.8 Å². The van der Waals surface area contributed by atoms with Crippen molar-refractivity contribution < 1.29 is 4.74 Å². The SMILES string of the molecule is COCC(CCCN)Nc1ccc(Cl)cc1Cl. The van der Waals surface area contributed by atoms with Gasteiger partial charge in [0.25, 0.3) is 0 Å². The second kappa shape index (κ2) is 7.77. The van der Waals surface area contributed by atoms with Gasteiger partial charge in [-0.15, -0.1) is 0 Å². The van der Waals surface area contributed by atoms with E-state index in [1.165, 1.54) is 0 Å². The van der Waals surface area contributed by atoms with Crippen molar-refractivity contribution in [3.63, 3.8) is 0 Å². The molecule has 1 aromatic rings. The summed E-state index contributed by atoms with van der Waals surface area (Å²) in [6, 6.07) is 5.61. The van der Waals surface area contributed by atoms with Crippen LogP contribution in [0.25, 0.3) is 0 Å². The molecule has 0 spiro atoms. The second-order valence-corrected chi connectivity index (χ2v) is 4.70. The number of hydrogen-bond donors (Lipinski definition) is 2. The summed E-state index contributed by atoms with van der Waals surface area (Å²) in [6.45, 7) is 1.30. The molecule has 1 unspecified atom stereocenters. The first-order valence-electron chi connectivity index (χ1n) is 5.58. The maximum atomic E-state index is 6.10. The van der Waals surface area contributed by atoms with Crippen LogP contribution in [-0.4, -0.2) is 26.3 Å². The van der Waals surface area contributed by atoms with E-state index in [1.54, 1.807) is 13.2 Å². The van der Waals surface area contributed by atoms with E-state index in [2.05, 4.69) is 5.32 Å². The molecule has 3 N–H and O–H groups in total. The number of benzene rings is 1. The maximum absolute atomic E-state index is 6.10. The topological polar surface area (TPSA) is 47.3 Å². The first kappa shape index (κ1) is 14.6. The lowest BCUT2D eigenvalue weighted by atomic mass is 10.1. The van der Waals surface area contributed by atoms with Crippen LogP contribution in [0, 0.1) is 0 Å². The number of rotatable bonds is 7. The normalized spacial score (nSPS) is 12.5. The highest BCUT2D eigenvalue weighted by atomic mass is 35.5. The number of hydrogen-bond acceptors (Lipinski definition) is 3. The summed E-state index contributed by atoms with van der Waals surface area (Å²) >= 11 is 11.9.